The Morgan fingerprint density at radius 3 is 1.26 bits per heavy atom. The Labute approximate surface area is 121 Å². The zero-order chi connectivity index (χ0) is 14.6. The average Bonchev–Trinajstić information content (AvgIpc) is 2.46. The van der Waals surface area contributed by atoms with Crippen molar-refractivity contribution in [2.75, 3.05) is 7.05 Å². The van der Waals surface area contributed by atoms with Crippen molar-refractivity contribution in [2.24, 2.45) is 5.73 Å². The predicted molar refractivity (Wildman–Crippen MR) is 86.5 cm³/mol. The summed E-state index contributed by atoms with van der Waals surface area (Å²) in [6.07, 6.45) is 19.6. The Hall–Kier alpha value is -0.370. The van der Waals surface area contributed by atoms with E-state index in [4.69, 9.17) is 0 Å². The van der Waals surface area contributed by atoms with Crippen LogP contribution in [0.15, 0.2) is 0 Å². The third-order valence-corrected chi connectivity index (χ3v) is 3.43. The number of aldehydes is 1. The van der Waals surface area contributed by atoms with E-state index in [1.54, 1.807) is 0 Å². The molecule has 0 aliphatic carbocycles. The Morgan fingerprint density at radius 2 is 0.947 bits per heavy atom. The van der Waals surface area contributed by atoms with E-state index in [2.05, 4.69) is 12.7 Å². The Morgan fingerprint density at radius 1 is 0.632 bits per heavy atom. The number of unbranched alkanes of at least 4 members (excludes halogenated alkanes) is 13. The normalized spacial score (nSPS) is 9.84. The molecule has 0 atom stereocenters. The van der Waals surface area contributed by atoms with E-state index >= 15 is 0 Å². The molecular weight excluding hydrogens is 234 g/mol. The first kappa shape index (κ1) is 20.9. The number of carbonyl (C=O) groups is 1. The number of hydrogen-bond acceptors (Lipinski definition) is 2. The van der Waals surface area contributed by atoms with Gasteiger partial charge in [-0.2, -0.15) is 0 Å². The fourth-order valence-electron chi connectivity index (χ4n) is 2.25. The SMILES string of the molecule is CCCCCCCCCCCCCCCC=O.CN. The van der Waals surface area contributed by atoms with Crippen molar-refractivity contribution in [3.63, 3.8) is 0 Å². The zero-order valence-electron chi connectivity index (χ0n) is 13.5. The van der Waals surface area contributed by atoms with Crippen molar-refractivity contribution in [3.8, 4) is 0 Å². The molecule has 2 N–H and O–H groups in total. The first-order valence-corrected chi connectivity index (χ1v) is 8.43. The van der Waals surface area contributed by atoms with Gasteiger partial charge in [-0.25, -0.2) is 0 Å². The minimum Gasteiger partial charge on any atom is -0.333 e. The third kappa shape index (κ3) is 23.2. The molecule has 19 heavy (non-hydrogen) atoms. The van der Waals surface area contributed by atoms with Gasteiger partial charge in [0, 0.05) is 6.42 Å². The lowest BCUT2D eigenvalue weighted by Crippen LogP contribution is -1.83. The molecule has 0 heterocycles. The first-order valence-electron chi connectivity index (χ1n) is 8.43. The van der Waals surface area contributed by atoms with E-state index in [0.29, 0.717) is 0 Å². The summed E-state index contributed by atoms with van der Waals surface area (Å²) in [5.41, 5.74) is 4.50. The Kier molecular flexibility index (Phi) is 25.1. The number of carbonyl (C=O) groups excluding carboxylic acids is 1. The molecule has 116 valence electrons. The molecule has 0 rings (SSSR count). The highest BCUT2D eigenvalue weighted by atomic mass is 16.1. The fraction of sp³-hybridized carbons (Fsp3) is 0.941. The Bertz CT molecular complexity index is 148. The molecular formula is C17H37NO. The molecule has 0 aromatic rings. The lowest BCUT2D eigenvalue weighted by atomic mass is 10.0. The van der Waals surface area contributed by atoms with Crippen LogP contribution < -0.4 is 5.73 Å². The molecule has 0 aliphatic heterocycles. The second-order valence-corrected chi connectivity index (χ2v) is 5.20. The van der Waals surface area contributed by atoms with Crippen molar-refractivity contribution >= 4 is 6.29 Å². The van der Waals surface area contributed by atoms with Gasteiger partial charge in [-0.15, -0.1) is 0 Å². The standard InChI is InChI=1S/C16H32O.CH5N/c1-2-3-4-5-6-7-8-9-10-11-12-13-14-15-16-17;1-2/h16H,2-15H2,1H3;2H2,1H3. The minimum atomic E-state index is 0.762. The van der Waals surface area contributed by atoms with Gasteiger partial charge in [0.05, 0.1) is 0 Å². The molecule has 0 radical (unpaired) electrons. The second kappa shape index (κ2) is 22.8. The largest absolute Gasteiger partial charge is 0.333 e. The predicted octanol–water partition coefficient (Wildman–Crippen LogP) is 5.24. The summed E-state index contributed by atoms with van der Waals surface area (Å²) in [6, 6.07) is 0. The molecule has 2 nitrogen and oxygen atoms in total. The summed E-state index contributed by atoms with van der Waals surface area (Å²) >= 11 is 0. The molecule has 0 aromatic carbocycles. The van der Waals surface area contributed by atoms with Gasteiger partial charge < -0.3 is 10.5 Å². The second-order valence-electron chi connectivity index (χ2n) is 5.20. The van der Waals surface area contributed by atoms with Gasteiger partial charge in [-0.05, 0) is 13.5 Å². The van der Waals surface area contributed by atoms with Gasteiger partial charge in [-0.1, -0.05) is 84.0 Å². The highest BCUT2D eigenvalue weighted by molar-refractivity contribution is 5.48. The van der Waals surface area contributed by atoms with E-state index in [-0.39, 0.29) is 0 Å². The summed E-state index contributed by atoms with van der Waals surface area (Å²) in [5, 5.41) is 0. The van der Waals surface area contributed by atoms with Crippen LogP contribution in [0, 0.1) is 0 Å². The van der Waals surface area contributed by atoms with Crippen LogP contribution in [0.1, 0.15) is 96.8 Å². The van der Waals surface area contributed by atoms with Crippen molar-refractivity contribution in [2.45, 2.75) is 96.8 Å². The molecule has 0 amide bonds. The number of nitrogens with two attached hydrogens (primary N) is 1. The molecule has 0 spiro atoms. The van der Waals surface area contributed by atoms with Gasteiger partial charge in [0.15, 0.2) is 0 Å². The number of rotatable bonds is 14. The molecule has 2 heteroatoms. The van der Waals surface area contributed by atoms with Crippen molar-refractivity contribution in [1.29, 1.82) is 0 Å². The summed E-state index contributed by atoms with van der Waals surface area (Å²) in [7, 11) is 1.50. The minimum absolute atomic E-state index is 0.762. The summed E-state index contributed by atoms with van der Waals surface area (Å²) in [6.45, 7) is 2.27. The topological polar surface area (TPSA) is 43.1 Å². The van der Waals surface area contributed by atoms with Gasteiger partial charge in [0.25, 0.3) is 0 Å². The van der Waals surface area contributed by atoms with Crippen LogP contribution in [0.4, 0.5) is 0 Å². The van der Waals surface area contributed by atoms with E-state index in [9.17, 15) is 4.79 Å². The van der Waals surface area contributed by atoms with Crippen LogP contribution >= 0.6 is 0 Å². The van der Waals surface area contributed by atoms with E-state index in [1.807, 2.05) is 0 Å². The highest BCUT2D eigenvalue weighted by Crippen LogP contribution is 2.12. The molecule has 0 aliphatic rings. The van der Waals surface area contributed by atoms with Crippen molar-refractivity contribution < 1.29 is 4.79 Å². The van der Waals surface area contributed by atoms with Crippen LogP contribution in [0.2, 0.25) is 0 Å². The fourth-order valence-corrected chi connectivity index (χ4v) is 2.25. The van der Waals surface area contributed by atoms with Crippen LogP contribution in [0.3, 0.4) is 0 Å². The monoisotopic (exact) mass is 271 g/mol. The maximum absolute atomic E-state index is 10.1. The van der Waals surface area contributed by atoms with Gasteiger partial charge in [0.1, 0.15) is 6.29 Å². The highest BCUT2D eigenvalue weighted by Gasteiger charge is 1.93. The molecule has 0 aromatic heterocycles. The molecule has 0 bridgehead atoms. The van der Waals surface area contributed by atoms with Gasteiger partial charge in [-0.3, -0.25) is 0 Å². The van der Waals surface area contributed by atoms with Crippen LogP contribution in [0.25, 0.3) is 0 Å². The summed E-state index contributed by atoms with van der Waals surface area (Å²) in [5.74, 6) is 0. The van der Waals surface area contributed by atoms with Gasteiger partial charge in [0.2, 0.25) is 0 Å². The summed E-state index contributed by atoms with van der Waals surface area (Å²) < 4.78 is 0. The van der Waals surface area contributed by atoms with E-state index in [1.165, 1.54) is 84.1 Å². The third-order valence-electron chi connectivity index (χ3n) is 3.43. The molecule has 0 fully saturated rings. The molecule has 0 unspecified atom stereocenters. The first-order chi connectivity index (χ1) is 9.41. The van der Waals surface area contributed by atoms with Crippen LogP contribution in [0.5, 0.6) is 0 Å². The van der Waals surface area contributed by atoms with E-state index in [0.717, 1.165) is 19.1 Å². The summed E-state index contributed by atoms with van der Waals surface area (Å²) in [4.78, 5) is 10.1. The number of hydrogen-bond donors (Lipinski definition) is 1. The average molecular weight is 271 g/mol. The molecule has 0 saturated heterocycles. The maximum atomic E-state index is 10.1. The van der Waals surface area contributed by atoms with Crippen LogP contribution in [-0.4, -0.2) is 13.3 Å². The Balaban J connectivity index is 0. The molecule has 0 saturated carbocycles. The van der Waals surface area contributed by atoms with Crippen molar-refractivity contribution in [1.82, 2.24) is 0 Å². The smallest absolute Gasteiger partial charge is 0.119 e. The van der Waals surface area contributed by atoms with E-state index < -0.39 is 0 Å². The van der Waals surface area contributed by atoms with Crippen molar-refractivity contribution in [3.05, 3.63) is 0 Å². The maximum Gasteiger partial charge on any atom is 0.119 e. The quantitative estimate of drug-likeness (QED) is 0.347. The lowest BCUT2D eigenvalue weighted by molar-refractivity contribution is -0.107. The zero-order valence-corrected chi connectivity index (χ0v) is 13.5. The van der Waals surface area contributed by atoms with Gasteiger partial charge >= 0.3 is 0 Å². The lowest BCUT2D eigenvalue weighted by Gasteiger charge is -2.02. The van der Waals surface area contributed by atoms with Crippen LogP contribution in [-0.2, 0) is 4.79 Å².